The van der Waals surface area contributed by atoms with Crippen LogP contribution in [-0.2, 0) is 0 Å². The molecule has 1 amide bonds. The van der Waals surface area contributed by atoms with Gasteiger partial charge in [0, 0.05) is 11.6 Å². The number of fused-ring (bicyclic) bond motifs is 4. The first-order chi connectivity index (χ1) is 11.0. The second kappa shape index (κ2) is 5.47. The van der Waals surface area contributed by atoms with E-state index in [9.17, 15) is 4.79 Å². The highest BCUT2D eigenvalue weighted by atomic mass is 35.5. The van der Waals surface area contributed by atoms with E-state index in [0.717, 1.165) is 33.1 Å². The highest BCUT2D eigenvalue weighted by molar-refractivity contribution is 7.21. The van der Waals surface area contributed by atoms with E-state index in [2.05, 4.69) is 24.1 Å². The summed E-state index contributed by atoms with van der Waals surface area (Å²) in [5.41, 5.74) is 0.0329. The first kappa shape index (κ1) is 15.4. The van der Waals surface area contributed by atoms with Crippen LogP contribution in [0.4, 0.5) is 0 Å². The maximum atomic E-state index is 12.8. The highest BCUT2D eigenvalue weighted by Crippen LogP contribution is 2.39. The molecule has 0 spiro atoms. The Labute approximate surface area is 145 Å². The van der Waals surface area contributed by atoms with Gasteiger partial charge in [-0.15, -0.1) is 11.3 Å². The molecule has 1 aromatic heterocycles. The molecule has 3 aliphatic rings. The van der Waals surface area contributed by atoms with E-state index in [0.29, 0.717) is 5.92 Å². The molecular formula is C18H21ClN2OS. The zero-order valence-corrected chi connectivity index (χ0v) is 15.0. The van der Waals surface area contributed by atoms with Crippen LogP contribution < -0.4 is 5.32 Å². The van der Waals surface area contributed by atoms with Gasteiger partial charge in [0.15, 0.2) is 0 Å². The number of thiophene rings is 1. The summed E-state index contributed by atoms with van der Waals surface area (Å²) in [5.74, 6) is 0.631. The van der Waals surface area contributed by atoms with Gasteiger partial charge in [-0.2, -0.15) is 0 Å². The van der Waals surface area contributed by atoms with Crippen molar-refractivity contribution in [2.24, 2.45) is 5.92 Å². The average molecular weight is 349 g/mol. The molecule has 5 rings (SSSR count). The molecule has 1 atom stereocenters. The number of hydrogen-bond acceptors (Lipinski definition) is 3. The van der Waals surface area contributed by atoms with Gasteiger partial charge in [0.05, 0.1) is 14.6 Å². The Bertz CT molecular complexity index is 761. The smallest absolute Gasteiger partial charge is 0.261 e. The molecule has 1 unspecified atom stereocenters. The number of piperidine rings is 3. The van der Waals surface area contributed by atoms with Crippen molar-refractivity contribution < 1.29 is 4.79 Å². The largest absolute Gasteiger partial charge is 0.346 e. The van der Waals surface area contributed by atoms with Crippen LogP contribution in [0.25, 0.3) is 10.1 Å². The molecule has 0 radical (unpaired) electrons. The molecule has 0 aliphatic carbocycles. The van der Waals surface area contributed by atoms with Crippen LogP contribution in [0, 0.1) is 5.92 Å². The first-order valence-electron chi connectivity index (χ1n) is 8.21. The summed E-state index contributed by atoms with van der Waals surface area (Å²) >= 11 is 7.72. The van der Waals surface area contributed by atoms with Crippen LogP contribution in [0.15, 0.2) is 24.3 Å². The summed E-state index contributed by atoms with van der Waals surface area (Å²) in [4.78, 5) is 16.1. The molecule has 2 bridgehead atoms. The molecule has 2 aromatic rings. The fraction of sp³-hybridized carbons (Fsp3) is 0.500. The lowest BCUT2D eigenvalue weighted by Crippen LogP contribution is -2.69. The molecule has 0 saturated carbocycles. The van der Waals surface area contributed by atoms with Gasteiger partial charge in [0.25, 0.3) is 5.91 Å². The molecule has 1 aromatic carbocycles. The van der Waals surface area contributed by atoms with Crippen molar-refractivity contribution in [3.63, 3.8) is 0 Å². The minimum atomic E-state index is 0.0329. The molecule has 1 N–H and O–H groups in total. The van der Waals surface area contributed by atoms with Crippen molar-refractivity contribution in [1.29, 1.82) is 0 Å². The minimum absolute atomic E-state index is 0.0329. The van der Waals surface area contributed by atoms with Crippen LogP contribution in [0.5, 0.6) is 0 Å². The van der Waals surface area contributed by atoms with Crippen LogP contribution in [0.2, 0.25) is 5.02 Å². The monoisotopic (exact) mass is 348 g/mol. The van der Waals surface area contributed by atoms with E-state index in [-0.39, 0.29) is 17.5 Å². The third-order valence-electron chi connectivity index (χ3n) is 5.59. The SMILES string of the molecule is CC1(C)C(NC(=O)c2cc3cccc(Cl)c3s2)C2CCN1CC2. The van der Waals surface area contributed by atoms with Crippen LogP contribution in [0.1, 0.15) is 36.4 Å². The Balaban J connectivity index is 1.60. The lowest BCUT2D eigenvalue weighted by atomic mass is 9.72. The third kappa shape index (κ3) is 2.48. The highest BCUT2D eigenvalue weighted by Gasteiger charge is 2.48. The zero-order chi connectivity index (χ0) is 16.2. The predicted octanol–water partition coefficient (Wildman–Crippen LogP) is 4.16. The number of rotatable bonds is 2. The number of benzene rings is 1. The molecule has 5 heteroatoms. The van der Waals surface area contributed by atoms with E-state index >= 15 is 0 Å². The second-order valence-electron chi connectivity index (χ2n) is 7.20. The fourth-order valence-electron chi connectivity index (χ4n) is 4.23. The standard InChI is InChI=1S/C18H21ClN2OS/c1-18(2)16(11-6-8-21(18)9-7-11)20-17(22)14-10-12-4-3-5-13(19)15(12)23-14/h3-5,10-11,16H,6-9H2,1-2H3,(H,20,22). The quantitative estimate of drug-likeness (QED) is 0.883. The van der Waals surface area contributed by atoms with Gasteiger partial charge in [-0.05, 0) is 63.2 Å². The third-order valence-corrected chi connectivity index (χ3v) is 7.20. The van der Waals surface area contributed by atoms with Gasteiger partial charge < -0.3 is 5.32 Å². The second-order valence-corrected chi connectivity index (χ2v) is 8.66. The van der Waals surface area contributed by atoms with Crippen LogP contribution in [0.3, 0.4) is 0 Å². The van der Waals surface area contributed by atoms with Crippen molar-refractivity contribution in [2.75, 3.05) is 13.1 Å². The molecule has 3 fully saturated rings. The summed E-state index contributed by atoms with van der Waals surface area (Å²) < 4.78 is 0.993. The Morgan fingerprint density at radius 3 is 2.74 bits per heavy atom. The van der Waals surface area contributed by atoms with E-state index in [1.807, 2.05) is 24.3 Å². The average Bonchev–Trinajstić information content (AvgIpc) is 2.97. The topological polar surface area (TPSA) is 32.3 Å². The Kier molecular flexibility index (Phi) is 3.67. The van der Waals surface area contributed by atoms with Crippen LogP contribution >= 0.6 is 22.9 Å². The molecule has 23 heavy (non-hydrogen) atoms. The lowest BCUT2D eigenvalue weighted by Gasteiger charge is -2.56. The lowest BCUT2D eigenvalue weighted by molar-refractivity contribution is -0.0377. The Hall–Kier alpha value is -1.10. The van der Waals surface area contributed by atoms with Crippen molar-refractivity contribution >= 4 is 38.9 Å². The molecule has 3 saturated heterocycles. The van der Waals surface area contributed by atoms with E-state index in [4.69, 9.17) is 11.6 Å². The number of nitrogens with one attached hydrogen (secondary N) is 1. The number of carbonyl (C=O) groups is 1. The Morgan fingerprint density at radius 2 is 2.09 bits per heavy atom. The van der Waals surface area contributed by atoms with Crippen LogP contribution in [-0.4, -0.2) is 35.5 Å². The first-order valence-corrected chi connectivity index (χ1v) is 9.40. The van der Waals surface area contributed by atoms with Crippen molar-refractivity contribution in [3.8, 4) is 0 Å². The van der Waals surface area contributed by atoms with E-state index in [1.165, 1.54) is 24.2 Å². The van der Waals surface area contributed by atoms with Crippen molar-refractivity contribution in [1.82, 2.24) is 10.2 Å². The number of amides is 1. The maximum Gasteiger partial charge on any atom is 0.261 e. The number of carbonyl (C=O) groups excluding carboxylic acids is 1. The van der Waals surface area contributed by atoms with Gasteiger partial charge in [-0.1, -0.05) is 23.7 Å². The predicted molar refractivity (Wildman–Crippen MR) is 96.5 cm³/mol. The summed E-state index contributed by atoms with van der Waals surface area (Å²) in [6.45, 7) is 6.82. The minimum Gasteiger partial charge on any atom is -0.346 e. The fourth-order valence-corrected chi connectivity index (χ4v) is 5.49. The number of nitrogens with zero attached hydrogens (tertiary/aromatic N) is 1. The molecule has 3 aliphatic heterocycles. The zero-order valence-electron chi connectivity index (χ0n) is 13.4. The van der Waals surface area contributed by atoms with Gasteiger partial charge in [-0.3, -0.25) is 9.69 Å². The van der Waals surface area contributed by atoms with Gasteiger partial charge in [0.2, 0.25) is 0 Å². The summed E-state index contributed by atoms with van der Waals surface area (Å²) in [6, 6.07) is 7.98. The van der Waals surface area contributed by atoms with E-state index < -0.39 is 0 Å². The number of hydrogen-bond donors (Lipinski definition) is 1. The molecular weight excluding hydrogens is 328 g/mol. The molecule has 3 nitrogen and oxygen atoms in total. The molecule has 122 valence electrons. The Morgan fingerprint density at radius 1 is 1.35 bits per heavy atom. The van der Waals surface area contributed by atoms with Crippen molar-refractivity contribution in [3.05, 3.63) is 34.2 Å². The maximum absolute atomic E-state index is 12.8. The van der Waals surface area contributed by atoms with Gasteiger partial charge in [0.1, 0.15) is 0 Å². The summed E-state index contributed by atoms with van der Waals surface area (Å²) in [5, 5.41) is 5.08. The molecule has 4 heterocycles. The summed E-state index contributed by atoms with van der Waals surface area (Å²) in [6.07, 6.45) is 2.37. The van der Waals surface area contributed by atoms with Crippen molar-refractivity contribution in [2.45, 2.75) is 38.3 Å². The van der Waals surface area contributed by atoms with Gasteiger partial charge in [-0.25, -0.2) is 0 Å². The normalized spacial score (nSPS) is 28.9. The number of halogens is 1. The van der Waals surface area contributed by atoms with E-state index in [1.54, 1.807) is 0 Å². The summed E-state index contributed by atoms with van der Waals surface area (Å²) in [7, 11) is 0. The van der Waals surface area contributed by atoms with Gasteiger partial charge >= 0.3 is 0 Å².